The summed E-state index contributed by atoms with van der Waals surface area (Å²) in [4.78, 5) is 29.0. The molecule has 1 saturated carbocycles. The van der Waals surface area contributed by atoms with Crippen molar-refractivity contribution < 1.29 is 9.18 Å². The molecule has 28 heavy (non-hydrogen) atoms. The first-order valence-electron chi connectivity index (χ1n) is 9.68. The zero-order valence-corrected chi connectivity index (χ0v) is 16.0. The van der Waals surface area contributed by atoms with Crippen LogP contribution in [0.15, 0.2) is 22.1 Å². The number of aryl methyl sites for hydroxylation is 2. The van der Waals surface area contributed by atoms with E-state index in [1.54, 1.807) is 0 Å². The summed E-state index contributed by atoms with van der Waals surface area (Å²) in [5, 5.41) is 4.56. The fourth-order valence-electron chi connectivity index (χ4n) is 3.85. The Bertz CT molecular complexity index is 1010. The summed E-state index contributed by atoms with van der Waals surface area (Å²) < 4.78 is 16.0. The molecule has 8 nitrogen and oxygen atoms in total. The molecule has 0 radical (unpaired) electrons. The van der Waals surface area contributed by atoms with Gasteiger partial charge in [0.05, 0.1) is 11.4 Å². The van der Waals surface area contributed by atoms with Crippen molar-refractivity contribution in [2.24, 2.45) is 15.9 Å². The van der Waals surface area contributed by atoms with Crippen LogP contribution in [0.4, 0.5) is 10.2 Å². The number of anilines is 1. The molecule has 2 aliphatic heterocycles. The smallest absolute Gasteiger partial charge is 0.289 e. The molecule has 3 aliphatic rings. The summed E-state index contributed by atoms with van der Waals surface area (Å²) in [6.45, 7) is 6.72. The normalized spacial score (nSPS) is 23.2. The van der Waals surface area contributed by atoms with E-state index < -0.39 is 12.1 Å². The first-order valence-corrected chi connectivity index (χ1v) is 9.68. The van der Waals surface area contributed by atoms with Gasteiger partial charge in [-0.3, -0.25) is 4.79 Å². The van der Waals surface area contributed by atoms with Crippen molar-refractivity contribution in [3.05, 3.63) is 23.5 Å². The van der Waals surface area contributed by atoms with Crippen molar-refractivity contribution in [3.63, 3.8) is 0 Å². The Morgan fingerprint density at radius 3 is 2.43 bits per heavy atom. The van der Waals surface area contributed by atoms with Gasteiger partial charge in [-0.15, -0.1) is 0 Å². The second kappa shape index (κ2) is 6.35. The first-order chi connectivity index (χ1) is 13.5. The standard InChI is InChI=1S/C19H22FN7O/c1-11-10-15(27-14(21-11)9-12(2)24-27)25-5-7-26(8-6-25)19-22-17(13-3-4-13)16(20)18(28)23-19/h9-10,13,16H,3-8H2,1-2H3. The van der Waals surface area contributed by atoms with Crippen molar-refractivity contribution in [2.45, 2.75) is 32.9 Å². The van der Waals surface area contributed by atoms with Gasteiger partial charge in [-0.25, -0.2) is 14.4 Å². The maximum absolute atomic E-state index is 14.1. The van der Waals surface area contributed by atoms with Crippen LogP contribution in [0.2, 0.25) is 0 Å². The molecule has 1 unspecified atom stereocenters. The van der Waals surface area contributed by atoms with Crippen LogP contribution in [0, 0.1) is 19.8 Å². The number of hydrogen-bond acceptors (Lipinski definition) is 6. The average molecular weight is 383 g/mol. The van der Waals surface area contributed by atoms with E-state index in [1.165, 1.54) is 0 Å². The predicted molar refractivity (Wildman–Crippen MR) is 104 cm³/mol. The van der Waals surface area contributed by atoms with Crippen molar-refractivity contribution in [3.8, 4) is 0 Å². The molecule has 1 aliphatic carbocycles. The molecule has 2 aromatic rings. The number of alkyl halides is 1. The summed E-state index contributed by atoms with van der Waals surface area (Å²) in [7, 11) is 0. The average Bonchev–Trinajstić information content (AvgIpc) is 3.44. The monoisotopic (exact) mass is 383 g/mol. The highest BCUT2D eigenvalue weighted by Crippen LogP contribution is 2.34. The zero-order valence-electron chi connectivity index (χ0n) is 16.0. The summed E-state index contributed by atoms with van der Waals surface area (Å²) in [5.41, 5.74) is 3.08. The third kappa shape index (κ3) is 2.94. The van der Waals surface area contributed by atoms with Gasteiger partial charge in [0, 0.05) is 49.9 Å². The second-order valence-corrected chi connectivity index (χ2v) is 7.71. The highest BCUT2D eigenvalue weighted by atomic mass is 19.1. The minimum Gasteiger partial charge on any atom is -0.353 e. The molecule has 2 aromatic heterocycles. The van der Waals surface area contributed by atoms with E-state index in [0.717, 1.165) is 48.8 Å². The maximum atomic E-state index is 14.1. The molecule has 146 valence electrons. The van der Waals surface area contributed by atoms with E-state index in [1.807, 2.05) is 35.4 Å². The number of rotatable bonds is 2. The first kappa shape index (κ1) is 17.3. The molecule has 0 N–H and O–H groups in total. The van der Waals surface area contributed by atoms with Crippen LogP contribution in [-0.4, -0.2) is 69.4 Å². The largest absolute Gasteiger partial charge is 0.353 e. The van der Waals surface area contributed by atoms with Gasteiger partial charge in [0.25, 0.3) is 5.91 Å². The van der Waals surface area contributed by atoms with Crippen LogP contribution in [0.5, 0.6) is 0 Å². The molecule has 5 rings (SSSR count). The number of piperazine rings is 1. The number of carbonyl (C=O) groups excluding carboxylic acids is 1. The lowest BCUT2D eigenvalue weighted by molar-refractivity contribution is -0.120. The Balaban J connectivity index is 1.36. The van der Waals surface area contributed by atoms with Crippen LogP contribution >= 0.6 is 0 Å². The van der Waals surface area contributed by atoms with Gasteiger partial charge in [0.1, 0.15) is 5.82 Å². The molecule has 1 saturated heterocycles. The Morgan fingerprint density at radius 2 is 1.71 bits per heavy atom. The molecule has 9 heteroatoms. The molecule has 0 bridgehead atoms. The number of amides is 1. The third-order valence-corrected chi connectivity index (χ3v) is 5.46. The fraction of sp³-hybridized carbons (Fsp3) is 0.526. The summed E-state index contributed by atoms with van der Waals surface area (Å²) >= 11 is 0. The lowest BCUT2D eigenvalue weighted by Gasteiger charge is -2.37. The van der Waals surface area contributed by atoms with Gasteiger partial charge >= 0.3 is 0 Å². The number of carbonyl (C=O) groups is 1. The third-order valence-electron chi connectivity index (χ3n) is 5.46. The maximum Gasteiger partial charge on any atom is 0.289 e. The predicted octanol–water partition coefficient (Wildman–Crippen LogP) is 1.55. The van der Waals surface area contributed by atoms with Gasteiger partial charge in [0.2, 0.25) is 12.1 Å². The fourth-order valence-corrected chi connectivity index (χ4v) is 3.85. The van der Waals surface area contributed by atoms with Gasteiger partial charge in [-0.05, 0) is 26.7 Å². The van der Waals surface area contributed by atoms with Crippen LogP contribution in [0.1, 0.15) is 24.2 Å². The highest BCUT2D eigenvalue weighted by molar-refractivity contribution is 6.18. The van der Waals surface area contributed by atoms with Crippen molar-refractivity contribution >= 4 is 29.0 Å². The van der Waals surface area contributed by atoms with E-state index in [2.05, 4.69) is 25.0 Å². The minimum atomic E-state index is -1.66. The summed E-state index contributed by atoms with van der Waals surface area (Å²) in [6, 6.07) is 4.00. The van der Waals surface area contributed by atoms with E-state index in [9.17, 15) is 9.18 Å². The minimum absolute atomic E-state index is 0.113. The molecular weight excluding hydrogens is 361 g/mol. The topological polar surface area (TPSA) is 78.5 Å². The SMILES string of the molecule is Cc1cc(N2CCN(C3=NC(=O)C(F)C(C4CC4)=N3)CC2)n2nc(C)cc2n1. The lowest BCUT2D eigenvalue weighted by Crippen LogP contribution is -2.50. The number of nitrogens with zero attached hydrogens (tertiary/aromatic N) is 7. The molecular formula is C19H22FN7O. The quantitative estimate of drug-likeness (QED) is 0.786. The van der Waals surface area contributed by atoms with Gasteiger partial charge in [0.15, 0.2) is 5.65 Å². The summed E-state index contributed by atoms with van der Waals surface area (Å²) in [6.07, 6.45) is 0.163. The number of halogens is 1. The van der Waals surface area contributed by atoms with Crippen molar-refractivity contribution in [2.75, 3.05) is 31.1 Å². The van der Waals surface area contributed by atoms with E-state index in [-0.39, 0.29) is 5.92 Å². The van der Waals surface area contributed by atoms with Crippen LogP contribution in [0.25, 0.3) is 5.65 Å². The van der Waals surface area contributed by atoms with Crippen molar-refractivity contribution in [1.82, 2.24) is 19.5 Å². The number of aliphatic imine (C=N–C) groups is 2. The number of aromatic nitrogens is 3. The Morgan fingerprint density at radius 1 is 1.00 bits per heavy atom. The van der Waals surface area contributed by atoms with Crippen LogP contribution in [0.3, 0.4) is 0 Å². The van der Waals surface area contributed by atoms with Crippen LogP contribution in [-0.2, 0) is 4.79 Å². The number of fused-ring (bicyclic) bond motifs is 1. The Hall–Kier alpha value is -2.84. The molecule has 1 atom stereocenters. The van der Waals surface area contributed by atoms with Gasteiger partial charge in [-0.2, -0.15) is 14.6 Å². The number of guanidine groups is 1. The second-order valence-electron chi connectivity index (χ2n) is 7.71. The number of hydrogen-bond donors (Lipinski definition) is 0. The van der Waals surface area contributed by atoms with Crippen LogP contribution < -0.4 is 4.90 Å². The molecule has 4 heterocycles. The van der Waals surface area contributed by atoms with Gasteiger partial charge < -0.3 is 9.80 Å². The Kier molecular flexibility index (Phi) is 3.92. The van der Waals surface area contributed by atoms with Gasteiger partial charge in [-0.1, -0.05) is 0 Å². The molecule has 0 aromatic carbocycles. The highest BCUT2D eigenvalue weighted by Gasteiger charge is 2.40. The Labute approximate surface area is 161 Å². The molecule has 2 fully saturated rings. The van der Waals surface area contributed by atoms with E-state index in [4.69, 9.17) is 0 Å². The van der Waals surface area contributed by atoms with Crippen molar-refractivity contribution in [1.29, 1.82) is 0 Å². The zero-order chi connectivity index (χ0) is 19.4. The van der Waals surface area contributed by atoms with E-state index in [0.29, 0.717) is 24.8 Å². The summed E-state index contributed by atoms with van der Waals surface area (Å²) in [5.74, 6) is 0.768. The van der Waals surface area contributed by atoms with E-state index >= 15 is 0 Å². The molecule has 0 spiro atoms. The molecule has 1 amide bonds. The lowest BCUT2D eigenvalue weighted by atomic mass is 10.1.